The maximum atomic E-state index is 12.0. The minimum Gasteiger partial charge on any atom is -0.435 e. The van der Waals surface area contributed by atoms with Crippen LogP contribution in [0.2, 0.25) is 0 Å². The van der Waals surface area contributed by atoms with Gasteiger partial charge in [0.1, 0.15) is 11.6 Å². The molecule has 0 fully saturated rings. The number of halogens is 2. The monoisotopic (exact) mass is 281 g/mol. The zero-order valence-electron chi connectivity index (χ0n) is 10.6. The van der Waals surface area contributed by atoms with Crippen LogP contribution in [0.4, 0.5) is 26.2 Å². The zero-order chi connectivity index (χ0) is 14.5. The summed E-state index contributed by atoms with van der Waals surface area (Å²) in [5, 5.41) is 3.04. The first-order valence-corrected chi connectivity index (χ1v) is 5.70. The average molecular weight is 281 g/mol. The first kappa shape index (κ1) is 13.9. The zero-order valence-corrected chi connectivity index (χ0v) is 10.6. The molecule has 0 unspecified atom stereocenters. The van der Waals surface area contributed by atoms with Gasteiger partial charge in [-0.1, -0.05) is 0 Å². The van der Waals surface area contributed by atoms with Gasteiger partial charge in [0.15, 0.2) is 0 Å². The van der Waals surface area contributed by atoms with Gasteiger partial charge in [-0.15, -0.1) is 0 Å². The van der Waals surface area contributed by atoms with Gasteiger partial charge in [-0.25, -0.2) is 10.8 Å². The first-order valence-electron chi connectivity index (χ1n) is 5.70. The predicted molar refractivity (Wildman–Crippen MR) is 70.9 cm³/mol. The van der Waals surface area contributed by atoms with Crippen LogP contribution in [0.3, 0.4) is 0 Å². The van der Waals surface area contributed by atoms with Gasteiger partial charge in [-0.05, 0) is 31.2 Å². The highest BCUT2D eigenvalue weighted by Crippen LogP contribution is 2.22. The fourth-order valence-electron chi connectivity index (χ4n) is 1.49. The lowest BCUT2D eigenvalue weighted by molar-refractivity contribution is -0.0498. The Balaban J connectivity index is 2.13. The number of hydrogen-bond acceptors (Lipinski definition) is 6. The Morgan fingerprint density at radius 1 is 1.25 bits per heavy atom. The van der Waals surface area contributed by atoms with Crippen LogP contribution in [-0.2, 0) is 0 Å². The van der Waals surface area contributed by atoms with Crippen LogP contribution in [0.25, 0.3) is 0 Å². The molecule has 4 N–H and O–H groups in total. The second-order valence-corrected chi connectivity index (χ2v) is 3.90. The molecule has 1 heterocycles. The molecular formula is C12H13F2N5O. The third-order valence-corrected chi connectivity index (χ3v) is 2.44. The smallest absolute Gasteiger partial charge is 0.387 e. The lowest BCUT2D eigenvalue weighted by atomic mass is 10.3. The van der Waals surface area contributed by atoms with Crippen LogP contribution in [0.1, 0.15) is 5.56 Å². The lowest BCUT2D eigenvalue weighted by Crippen LogP contribution is -2.11. The number of ether oxygens (including phenoxy) is 1. The van der Waals surface area contributed by atoms with E-state index in [1.54, 1.807) is 18.3 Å². The molecule has 0 saturated carbocycles. The molecule has 2 aromatic rings. The number of hydrazine groups is 1. The Hall–Kier alpha value is -2.48. The largest absolute Gasteiger partial charge is 0.435 e. The number of aromatic nitrogens is 2. The molecule has 0 aliphatic rings. The highest BCUT2D eigenvalue weighted by atomic mass is 19.3. The van der Waals surface area contributed by atoms with Crippen molar-refractivity contribution in [1.29, 1.82) is 0 Å². The van der Waals surface area contributed by atoms with Gasteiger partial charge in [0.25, 0.3) is 0 Å². The normalized spacial score (nSPS) is 10.4. The van der Waals surface area contributed by atoms with Crippen LogP contribution < -0.4 is 21.3 Å². The third kappa shape index (κ3) is 3.51. The standard InChI is InChI=1S/C12H13F2N5O/c1-7-6-16-12(19-15)18-10(7)17-8-2-4-9(5-3-8)20-11(13)14/h2-6,11H,15H2,1H3,(H2,16,17,18,19). The summed E-state index contributed by atoms with van der Waals surface area (Å²) in [7, 11) is 0. The predicted octanol–water partition coefficient (Wildman–Crippen LogP) is 2.42. The highest BCUT2D eigenvalue weighted by molar-refractivity contribution is 5.60. The van der Waals surface area contributed by atoms with Crippen molar-refractivity contribution < 1.29 is 13.5 Å². The second-order valence-electron chi connectivity index (χ2n) is 3.90. The van der Waals surface area contributed by atoms with E-state index in [0.717, 1.165) is 5.56 Å². The summed E-state index contributed by atoms with van der Waals surface area (Å²) in [4.78, 5) is 8.10. The SMILES string of the molecule is Cc1cnc(NN)nc1Nc1ccc(OC(F)F)cc1. The summed E-state index contributed by atoms with van der Waals surface area (Å²) in [6.07, 6.45) is 1.61. The number of nitrogens with one attached hydrogen (secondary N) is 2. The number of nitrogens with two attached hydrogens (primary N) is 1. The molecule has 0 atom stereocenters. The average Bonchev–Trinajstić information content (AvgIpc) is 2.43. The van der Waals surface area contributed by atoms with E-state index in [-0.39, 0.29) is 11.7 Å². The van der Waals surface area contributed by atoms with Crippen LogP contribution in [0.15, 0.2) is 30.5 Å². The number of alkyl halides is 2. The number of nitrogens with zero attached hydrogens (tertiary/aromatic N) is 2. The van der Waals surface area contributed by atoms with Crippen molar-refractivity contribution in [2.75, 3.05) is 10.7 Å². The van der Waals surface area contributed by atoms with E-state index in [4.69, 9.17) is 5.84 Å². The minimum atomic E-state index is -2.84. The van der Waals surface area contributed by atoms with Crippen molar-refractivity contribution in [3.63, 3.8) is 0 Å². The minimum absolute atomic E-state index is 0.0919. The molecule has 0 amide bonds. The third-order valence-electron chi connectivity index (χ3n) is 2.44. The summed E-state index contributed by atoms with van der Waals surface area (Å²) >= 11 is 0. The first-order chi connectivity index (χ1) is 9.58. The van der Waals surface area contributed by atoms with E-state index in [2.05, 4.69) is 25.4 Å². The molecule has 1 aromatic heterocycles. The van der Waals surface area contributed by atoms with E-state index in [0.29, 0.717) is 11.5 Å². The summed E-state index contributed by atoms with van der Waals surface area (Å²) in [6.45, 7) is -1.01. The molecular weight excluding hydrogens is 268 g/mol. The molecule has 0 aliphatic heterocycles. The van der Waals surface area contributed by atoms with Crippen LogP contribution >= 0.6 is 0 Å². The summed E-state index contributed by atoms with van der Waals surface area (Å²) < 4.78 is 28.3. The van der Waals surface area contributed by atoms with Gasteiger partial charge < -0.3 is 10.1 Å². The Morgan fingerprint density at radius 3 is 2.55 bits per heavy atom. The topological polar surface area (TPSA) is 85.1 Å². The van der Waals surface area contributed by atoms with Crippen LogP contribution in [-0.4, -0.2) is 16.6 Å². The molecule has 0 bridgehead atoms. The Kier molecular flexibility index (Phi) is 4.26. The quantitative estimate of drug-likeness (QED) is 0.576. The van der Waals surface area contributed by atoms with Crippen molar-refractivity contribution in [2.24, 2.45) is 5.84 Å². The maximum Gasteiger partial charge on any atom is 0.387 e. The van der Waals surface area contributed by atoms with Gasteiger partial charge >= 0.3 is 6.61 Å². The molecule has 0 aliphatic carbocycles. The van der Waals surface area contributed by atoms with Crippen molar-refractivity contribution in [1.82, 2.24) is 9.97 Å². The van der Waals surface area contributed by atoms with Crippen LogP contribution in [0.5, 0.6) is 5.75 Å². The van der Waals surface area contributed by atoms with Crippen LogP contribution in [0, 0.1) is 6.92 Å². The maximum absolute atomic E-state index is 12.0. The molecule has 1 aromatic carbocycles. The van der Waals surface area contributed by atoms with E-state index >= 15 is 0 Å². The summed E-state index contributed by atoms with van der Waals surface area (Å²) in [5.41, 5.74) is 3.84. The molecule has 0 radical (unpaired) electrons. The highest BCUT2D eigenvalue weighted by Gasteiger charge is 2.06. The molecule has 0 saturated heterocycles. The lowest BCUT2D eigenvalue weighted by Gasteiger charge is -2.10. The number of hydrogen-bond donors (Lipinski definition) is 3. The molecule has 2 rings (SSSR count). The van der Waals surface area contributed by atoms with Gasteiger partial charge in [-0.3, -0.25) is 5.43 Å². The van der Waals surface area contributed by atoms with Crippen molar-refractivity contribution in [3.8, 4) is 5.75 Å². The number of benzene rings is 1. The van der Waals surface area contributed by atoms with Crippen molar-refractivity contribution in [2.45, 2.75) is 13.5 Å². The van der Waals surface area contributed by atoms with E-state index in [1.165, 1.54) is 12.1 Å². The van der Waals surface area contributed by atoms with E-state index in [9.17, 15) is 8.78 Å². The number of nitrogen functional groups attached to an aromatic ring is 1. The summed E-state index contributed by atoms with van der Waals surface area (Å²) in [6, 6.07) is 6.09. The molecule has 6 nitrogen and oxygen atoms in total. The molecule has 8 heteroatoms. The Bertz CT molecular complexity index is 577. The Morgan fingerprint density at radius 2 is 1.95 bits per heavy atom. The number of rotatable bonds is 5. The molecule has 20 heavy (non-hydrogen) atoms. The second kappa shape index (κ2) is 6.11. The fourth-order valence-corrected chi connectivity index (χ4v) is 1.49. The van der Waals surface area contributed by atoms with Crippen molar-refractivity contribution in [3.05, 3.63) is 36.0 Å². The van der Waals surface area contributed by atoms with Gasteiger partial charge in [0, 0.05) is 17.4 Å². The van der Waals surface area contributed by atoms with Crippen molar-refractivity contribution >= 4 is 17.5 Å². The van der Waals surface area contributed by atoms with Gasteiger partial charge in [0.2, 0.25) is 5.95 Å². The van der Waals surface area contributed by atoms with E-state index in [1.807, 2.05) is 6.92 Å². The van der Waals surface area contributed by atoms with Gasteiger partial charge in [0.05, 0.1) is 0 Å². The number of anilines is 3. The van der Waals surface area contributed by atoms with Gasteiger partial charge in [-0.2, -0.15) is 13.8 Å². The fraction of sp³-hybridized carbons (Fsp3) is 0.167. The molecule has 106 valence electrons. The van der Waals surface area contributed by atoms with E-state index < -0.39 is 6.61 Å². The Labute approximate surface area is 114 Å². The summed E-state index contributed by atoms with van der Waals surface area (Å²) in [5.74, 6) is 6.17. The molecule has 0 spiro atoms. The number of aryl methyl sites for hydroxylation is 1.